The number of halogens is 3. The van der Waals surface area contributed by atoms with Crippen molar-refractivity contribution in [3.05, 3.63) is 16.5 Å². The maximum Gasteiger partial charge on any atom is 0.250 e. The second kappa shape index (κ2) is 5.03. The molecule has 1 N–H and O–H groups in total. The molecular formula is C10H12ClF2NO2S2. The van der Waals surface area contributed by atoms with Crippen LogP contribution in [-0.4, -0.2) is 20.4 Å². The van der Waals surface area contributed by atoms with Crippen molar-refractivity contribution < 1.29 is 17.2 Å². The van der Waals surface area contributed by atoms with Crippen LogP contribution in [0, 0.1) is 0 Å². The number of nitrogens with one attached hydrogen (secondary N) is 1. The van der Waals surface area contributed by atoms with Crippen molar-refractivity contribution in [3.63, 3.8) is 0 Å². The minimum absolute atomic E-state index is 0.116. The fourth-order valence-electron chi connectivity index (χ4n) is 1.88. The molecule has 0 saturated heterocycles. The van der Waals surface area contributed by atoms with Gasteiger partial charge < -0.3 is 0 Å². The Morgan fingerprint density at radius 1 is 1.33 bits per heavy atom. The molecule has 0 amide bonds. The van der Waals surface area contributed by atoms with Crippen LogP contribution in [0.2, 0.25) is 4.34 Å². The Balaban J connectivity index is 2.02. The third-order valence-electron chi connectivity index (χ3n) is 2.85. The normalized spacial score (nSPS) is 21.1. The fraction of sp³-hybridized carbons (Fsp3) is 0.600. The number of rotatable bonds is 3. The van der Waals surface area contributed by atoms with Crippen molar-refractivity contribution >= 4 is 33.0 Å². The molecule has 0 aliphatic heterocycles. The summed E-state index contributed by atoms with van der Waals surface area (Å²) in [4.78, 5) is 0. The van der Waals surface area contributed by atoms with Crippen molar-refractivity contribution in [1.82, 2.24) is 4.72 Å². The van der Waals surface area contributed by atoms with Crippen LogP contribution in [0.4, 0.5) is 8.78 Å². The first-order valence-corrected chi connectivity index (χ1v) is 8.12. The average molecular weight is 316 g/mol. The molecule has 1 aliphatic carbocycles. The Hall–Kier alpha value is -0.240. The van der Waals surface area contributed by atoms with Crippen LogP contribution in [0.1, 0.15) is 25.7 Å². The van der Waals surface area contributed by atoms with E-state index in [2.05, 4.69) is 4.72 Å². The molecule has 2 rings (SSSR count). The van der Waals surface area contributed by atoms with Gasteiger partial charge >= 0.3 is 0 Å². The van der Waals surface area contributed by atoms with Crippen LogP contribution in [0.25, 0.3) is 0 Å². The zero-order chi connectivity index (χ0) is 13.4. The highest BCUT2D eigenvalue weighted by Crippen LogP contribution is 2.34. The van der Waals surface area contributed by atoms with Gasteiger partial charge in [0.1, 0.15) is 4.21 Å². The van der Waals surface area contributed by atoms with E-state index in [1.807, 2.05) is 0 Å². The van der Waals surface area contributed by atoms with Crippen LogP contribution in [-0.2, 0) is 10.0 Å². The minimum atomic E-state index is -3.64. The number of sulfonamides is 1. The Kier molecular flexibility index (Phi) is 3.96. The van der Waals surface area contributed by atoms with Gasteiger partial charge in [-0.05, 0) is 25.0 Å². The van der Waals surface area contributed by atoms with Crippen LogP contribution >= 0.6 is 22.9 Å². The molecule has 1 aromatic rings. The lowest BCUT2D eigenvalue weighted by atomic mass is 9.93. The number of thiophene rings is 1. The van der Waals surface area contributed by atoms with E-state index in [0.717, 1.165) is 11.3 Å². The Bertz CT molecular complexity index is 520. The summed E-state index contributed by atoms with van der Waals surface area (Å²) in [6.45, 7) is 0. The molecule has 1 saturated carbocycles. The maximum atomic E-state index is 12.9. The number of alkyl halides is 2. The van der Waals surface area contributed by atoms with E-state index >= 15 is 0 Å². The first kappa shape index (κ1) is 14.2. The van der Waals surface area contributed by atoms with Crippen LogP contribution in [0.15, 0.2) is 16.3 Å². The van der Waals surface area contributed by atoms with E-state index in [9.17, 15) is 17.2 Å². The second-order valence-corrected chi connectivity index (χ2v) is 7.97. The van der Waals surface area contributed by atoms with E-state index in [4.69, 9.17) is 11.6 Å². The van der Waals surface area contributed by atoms with Crippen LogP contribution in [0.3, 0.4) is 0 Å². The lowest BCUT2D eigenvalue weighted by Crippen LogP contribution is -2.40. The Labute approximate surface area is 113 Å². The molecule has 1 fully saturated rings. The smallest absolute Gasteiger partial charge is 0.207 e. The van der Waals surface area contributed by atoms with E-state index in [-0.39, 0.29) is 29.9 Å². The molecule has 3 nitrogen and oxygen atoms in total. The topological polar surface area (TPSA) is 46.2 Å². The van der Waals surface area contributed by atoms with Crippen molar-refractivity contribution in [2.45, 2.75) is 41.9 Å². The highest BCUT2D eigenvalue weighted by molar-refractivity contribution is 7.91. The highest BCUT2D eigenvalue weighted by atomic mass is 35.5. The molecule has 0 spiro atoms. The van der Waals surface area contributed by atoms with Crippen LogP contribution in [0.5, 0.6) is 0 Å². The molecule has 8 heteroatoms. The fourth-order valence-corrected chi connectivity index (χ4v) is 4.68. The molecule has 0 unspecified atom stereocenters. The van der Waals surface area contributed by atoms with Gasteiger partial charge in [0.05, 0.1) is 4.34 Å². The van der Waals surface area contributed by atoms with Gasteiger partial charge in [-0.3, -0.25) is 0 Å². The van der Waals surface area contributed by atoms with E-state index in [0.29, 0.717) is 4.34 Å². The first-order valence-electron chi connectivity index (χ1n) is 5.44. The Morgan fingerprint density at radius 3 is 2.44 bits per heavy atom. The monoisotopic (exact) mass is 315 g/mol. The van der Waals surface area contributed by atoms with Crippen molar-refractivity contribution in [1.29, 1.82) is 0 Å². The van der Waals surface area contributed by atoms with Gasteiger partial charge in [-0.25, -0.2) is 21.9 Å². The molecule has 102 valence electrons. The van der Waals surface area contributed by atoms with Gasteiger partial charge in [-0.15, -0.1) is 11.3 Å². The summed E-state index contributed by atoms with van der Waals surface area (Å²) in [5.41, 5.74) is 0. The summed E-state index contributed by atoms with van der Waals surface area (Å²) in [5, 5.41) is 0. The maximum absolute atomic E-state index is 12.9. The van der Waals surface area contributed by atoms with E-state index in [1.165, 1.54) is 12.1 Å². The molecular weight excluding hydrogens is 304 g/mol. The summed E-state index contributed by atoms with van der Waals surface area (Å²) >= 11 is 6.62. The van der Waals surface area contributed by atoms with Crippen molar-refractivity contribution in [2.24, 2.45) is 0 Å². The minimum Gasteiger partial charge on any atom is -0.207 e. The van der Waals surface area contributed by atoms with Crippen molar-refractivity contribution in [2.75, 3.05) is 0 Å². The summed E-state index contributed by atoms with van der Waals surface area (Å²) in [6, 6.07) is 2.48. The number of hydrogen-bond acceptors (Lipinski definition) is 3. The summed E-state index contributed by atoms with van der Waals surface area (Å²) < 4.78 is 52.7. The van der Waals surface area contributed by atoms with Crippen molar-refractivity contribution in [3.8, 4) is 0 Å². The second-order valence-electron chi connectivity index (χ2n) is 4.31. The largest absolute Gasteiger partial charge is 0.250 e. The molecule has 18 heavy (non-hydrogen) atoms. The predicted octanol–water partition coefficient (Wildman–Crippen LogP) is 3.26. The molecule has 0 radical (unpaired) electrons. The van der Waals surface area contributed by atoms with Gasteiger partial charge in [-0.2, -0.15) is 0 Å². The quantitative estimate of drug-likeness (QED) is 0.930. The molecule has 1 aromatic heterocycles. The third-order valence-corrected chi connectivity index (χ3v) is 6.10. The van der Waals surface area contributed by atoms with Gasteiger partial charge in [0.15, 0.2) is 0 Å². The zero-order valence-electron chi connectivity index (χ0n) is 9.33. The van der Waals surface area contributed by atoms with Gasteiger partial charge in [0, 0.05) is 18.9 Å². The summed E-state index contributed by atoms with van der Waals surface area (Å²) in [7, 11) is -3.64. The number of hydrogen-bond donors (Lipinski definition) is 1. The highest BCUT2D eigenvalue weighted by Gasteiger charge is 2.36. The average Bonchev–Trinajstić information content (AvgIpc) is 2.69. The van der Waals surface area contributed by atoms with Gasteiger partial charge in [-0.1, -0.05) is 11.6 Å². The first-order chi connectivity index (χ1) is 8.28. The Morgan fingerprint density at radius 2 is 1.94 bits per heavy atom. The molecule has 0 bridgehead atoms. The van der Waals surface area contributed by atoms with Crippen LogP contribution < -0.4 is 4.72 Å². The molecule has 0 aromatic carbocycles. The zero-order valence-corrected chi connectivity index (χ0v) is 11.7. The van der Waals surface area contributed by atoms with E-state index in [1.54, 1.807) is 0 Å². The van der Waals surface area contributed by atoms with E-state index < -0.39 is 22.0 Å². The molecule has 1 heterocycles. The lowest BCUT2D eigenvalue weighted by Gasteiger charge is -2.28. The predicted molar refractivity (Wildman–Crippen MR) is 66.9 cm³/mol. The molecule has 1 aliphatic rings. The summed E-state index contributed by atoms with van der Waals surface area (Å²) in [5.74, 6) is -2.66. The lowest BCUT2D eigenvalue weighted by molar-refractivity contribution is -0.0387. The standard InChI is InChI=1S/C10H12ClF2NO2S2/c11-8-1-2-9(17-8)18(15,16)14-7-3-5-10(12,13)6-4-7/h1-2,7,14H,3-6H2. The van der Waals surface area contributed by atoms with Gasteiger partial charge in [0.2, 0.25) is 15.9 Å². The summed E-state index contributed by atoms with van der Waals surface area (Å²) in [6.07, 6.45) is -0.229. The van der Waals surface area contributed by atoms with Gasteiger partial charge in [0.25, 0.3) is 0 Å². The SMILES string of the molecule is O=S(=O)(NC1CCC(F)(F)CC1)c1ccc(Cl)s1. The third kappa shape index (κ3) is 3.40. The molecule has 0 atom stereocenters.